The van der Waals surface area contributed by atoms with Crippen molar-refractivity contribution >= 4 is 46.3 Å². The van der Waals surface area contributed by atoms with Gasteiger partial charge in [-0.1, -0.05) is 17.5 Å². The summed E-state index contributed by atoms with van der Waals surface area (Å²) in [5, 5.41) is 4.03. The standard InChI is InChI=1S/C16H11ClIN3O2/c1-2-8-23-14-6-5-11(9-13(14)18)10-20-21-16(22)12-4-3-7-19-15(12)17/h1,3-7,9-10H,8H2,(H,21,22). The SMILES string of the molecule is C#CCOc1ccc(C=NNC(=O)c2cccnc2Cl)cc1I. The van der Waals surface area contributed by atoms with E-state index in [-0.39, 0.29) is 17.3 Å². The molecule has 2 rings (SSSR count). The van der Waals surface area contributed by atoms with Crippen LogP contribution in [0.5, 0.6) is 5.75 Å². The molecule has 0 saturated carbocycles. The van der Waals surface area contributed by atoms with Crippen molar-refractivity contribution in [3.8, 4) is 18.1 Å². The number of hydrogen-bond acceptors (Lipinski definition) is 4. The lowest BCUT2D eigenvalue weighted by Gasteiger charge is -2.05. The fourth-order valence-corrected chi connectivity index (χ4v) is 2.52. The number of amides is 1. The molecule has 2 aromatic rings. The number of carbonyl (C=O) groups is 1. The molecule has 1 aromatic carbocycles. The summed E-state index contributed by atoms with van der Waals surface area (Å²) in [6, 6.07) is 8.66. The third-order valence-corrected chi connectivity index (χ3v) is 3.79. The van der Waals surface area contributed by atoms with E-state index in [9.17, 15) is 4.79 Å². The number of hydrazone groups is 1. The number of carbonyl (C=O) groups excluding carboxylic acids is 1. The second kappa shape index (κ2) is 8.50. The maximum atomic E-state index is 11.9. The van der Waals surface area contributed by atoms with Crippen molar-refractivity contribution in [1.29, 1.82) is 0 Å². The smallest absolute Gasteiger partial charge is 0.274 e. The Bertz CT molecular complexity index is 787. The molecule has 1 N–H and O–H groups in total. The molecule has 7 heteroatoms. The van der Waals surface area contributed by atoms with Gasteiger partial charge in [-0.25, -0.2) is 10.4 Å². The Hall–Kier alpha value is -2.11. The minimum absolute atomic E-state index is 0.129. The van der Waals surface area contributed by atoms with Gasteiger partial charge in [-0.2, -0.15) is 5.10 Å². The first kappa shape index (κ1) is 17.2. The van der Waals surface area contributed by atoms with Gasteiger partial charge >= 0.3 is 0 Å². The lowest BCUT2D eigenvalue weighted by molar-refractivity contribution is 0.0955. The summed E-state index contributed by atoms with van der Waals surface area (Å²) in [4.78, 5) is 15.7. The zero-order valence-corrected chi connectivity index (χ0v) is 14.7. The number of benzene rings is 1. The maximum Gasteiger partial charge on any atom is 0.274 e. The number of nitrogens with zero attached hydrogens (tertiary/aromatic N) is 2. The van der Waals surface area contributed by atoms with E-state index in [0.717, 1.165) is 9.13 Å². The van der Waals surface area contributed by atoms with Crippen molar-refractivity contribution in [2.24, 2.45) is 5.10 Å². The molecular weight excluding hydrogens is 429 g/mol. The van der Waals surface area contributed by atoms with Crippen LogP contribution in [0.15, 0.2) is 41.6 Å². The van der Waals surface area contributed by atoms with Crippen LogP contribution in [0.4, 0.5) is 0 Å². The van der Waals surface area contributed by atoms with Crippen LogP contribution >= 0.6 is 34.2 Å². The largest absolute Gasteiger partial charge is 0.480 e. The fourth-order valence-electron chi connectivity index (χ4n) is 1.61. The predicted molar refractivity (Wildman–Crippen MR) is 97.8 cm³/mol. The zero-order valence-electron chi connectivity index (χ0n) is 11.8. The fraction of sp³-hybridized carbons (Fsp3) is 0.0625. The summed E-state index contributed by atoms with van der Waals surface area (Å²) in [7, 11) is 0. The van der Waals surface area contributed by atoms with Gasteiger partial charge in [0.25, 0.3) is 5.91 Å². The van der Waals surface area contributed by atoms with Crippen LogP contribution in [0.25, 0.3) is 0 Å². The molecule has 0 radical (unpaired) electrons. The molecule has 0 atom stereocenters. The number of ether oxygens (including phenoxy) is 1. The Morgan fingerprint density at radius 3 is 3.04 bits per heavy atom. The van der Waals surface area contributed by atoms with Crippen LogP contribution in [0, 0.1) is 15.9 Å². The number of pyridine rings is 1. The van der Waals surface area contributed by atoms with Gasteiger partial charge in [0.15, 0.2) is 0 Å². The third kappa shape index (κ3) is 4.94. The van der Waals surface area contributed by atoms with E-state index < -0.39 is 5.91 Å². The summed E-state index contributed by atoms with van der Waals surface area (Å²) in [5.41, 5.74) is 3.47. The number of nitrogens with one attached hydrogen (secondary N) is 1. The van der Waals surface area contributed by atoms with E-state index in [1.54, 1.807) is 24.3 Å². The van der Waals surface area contributed by atoms with Gasteiger partial charge in [0.2, 0.25) is 0 Å². The minimum atomic E-state index is -0.428. The zero-order chi connectivity index (χ0) is 16.7. The molecule has 0 fully saturated rings. The number of halogens is 2. The maximum absolute atomic E-state index is 11.9. The number of rotatable bonds is 5. The van der Waals surface area contributed by atoms with Crippen molar-refractivity contribution in [3.63, 3.8) is 0 Å². The summed E-state index contributed by atoms with van der Waals surface area (Å²) in [5.74, 6) is 2.68. The lowest BCUT2D eigenvalue weighted by Crippen LogP contribution is -2.18. The first-order chi connectivity index (χ1) is 11.1. The molecule has 1 amide bonds. The second-order valence-electron chi connectivity index (χ2n) is 4.22. The molecule has 1 aromatic heterocycles. The molecule has 0 aliphatic heterocycles. The Kier molecular flexibility index (Phi) is 6.38. The van der Waals surface area contributed by atoms with Crippen molar-refractivity contribution < 1.29 is 9.53 Å². The quantitative estimate of drug-likeness (QED) is 0.256. The van der Waals surface area contributed by atoms with Gasteiger partial charge in [-0.15, -0.1) is 6.42 Å². The second-order valence-corrected chi connectivity index (χ2v) is 5.74. The van der Waals surface area contributed by atoms with Crippen LogP contribution < -0.4 is 10.2 Å². The van der Waals surface area contributed by atoms with E-state index in [1.165, 1.54) is 12.4 Å². The van der Waals surface area contributed by atoms with Crippen molar-refractivity contribution in [3.05, 3.63) is 56.4 Å². The van der Waals surface area contributed by atoms with E-state index in [2.05, 4.69) is 44.0 Å². The molecule has 0 aliphatic rings. The number of hydrogen-bond donors (Lipinski definition) is 1. The Balaban J connectivity index is 2.01. The molecule has 23 heavy (non-hydrogen) atoms. The van der Waals surface area contributed by atoms with E-state index >= 15 is 0 Å². The minimum Gasteiger partial charge on any atom is -0.480 e. The highest BCUT2D eigenvalue weighted by Gasteiger charge is 2.09. The average molecular weight is 440 g/mol. The lowest BCUT2D eigenvalue weighted by atomic mass is 10.2. The first-order valence-corrected chi connectivity index (χ1v) is 7.87. The van der Waals surface area contributed by atoms with E-state index in [4.69, 9.17) is 22.8 Å². The molecule has 116 valence electrons. The summed E-state index contributed by atoms with van der Waals surface area (Å²) in [6.07, 6.45) is 8.19. The number of aromatic nitrogens is 1. The van der Waals surface area contributed by atoms with Crippen LogP contribution in [0.3, 0.4) is 0 Å². The van der Waals surface area contributed by atoms with Crippen LogP contribution in [-0.2, 0) is 0 Å². The number of terminal acetylenes is 1. The Labute approximate surface area is 152 Å². The van der Waals surface area contributed by atoms with Gasteiger partial charge in [0.05, 0.1) is 15.3 Å². The van der Waals surface area contributed by atoms with Gasteiger partial charge in [0, 0.05) is 6.20 Å². The Morgan fingerprint density at radius 1 is 1.52 bits per heavy atom. The van der Waals surface area contributed by atoms with E-state index in [0.29, 0.717) is 5.75 Å². The van der Waals surface area contributed by atoms with Gasteiger partial charge in [0.1, 0.15) is 17.5 Å². The predicted octanol–water partition coefficient (Wildman–Crippen LogP) is 3.12. The molecule has 0 bridgehead atoms. The normalized spacial score (nSPS) is 10.3. The molecule has 0 saturated heterocycles. The first-order valence-electron chi connectivity index (χ1n) is 6.41. The molecule has 0 unspecified atom stereocenters. The van der Waals surface area contributed by atoms with Gasteiger partial charge in [-0.3, -0.25) is 4.79 Å². The topological polar surface area (TPSA) is 63.6 Å². The summed E-state index contributed by atoms with van der Waals surface area (Å²) >= 11 is 7.98. The van der Waals surface area contributed by atoms with Crippen molar-refractivity contribution in [1.82, 2.24) is 10.4 Å². The Morgan fingerprint density at radius 2 is 2.35 bits per heavy atom. The molecular formula is C16H11ClIN3O2. The highest BCUT2D eigenvalue weighted by Crippen LogP contribution is 2.21. The van der Waals surface area contributed by atoms with Crippen molar-refractivity contribution in [2.75, 3.05) is 6.61 Å². The monoisotopic (exact) mass is 439 g/mol. The van der Waals surface area contributed by atoms with Crippen molar-refractivity contribution in [2.45, 2.75) is 0 Å². The highest BCUT2D eigenvalue weighted by atomic mass is 127. The highest BCUT2D eigenvalue weighted by molar-refractivity contribution is 14.1. The molecule has 5 nitrogen and oxygen atoms in total. The molecule has 0 spiro atoms. The summed E-state index contributed by atoms with van der Waals surface area (Å²) < 4.78 is 6.27. The van der Waals surface area contributed by atoms with Gasteiger partial charge in [-0.05, 0) is 58.5 Å². The van der Waals surface area contributed by atoms with Crippen LogP contribution in [0.2, 0.25) is 5.15 Å². The van der Waals surface area contributed by atoms with E-state index in [1.807, 2.05) is 6.07 Å². The average Bonchev–Trinajstić information content (AvgIpc) is 2.54. The molecule has 0 aliphatic carbocycles. The van der Waals surface area contributed by atoms with Gasteiger partial charge < -0.3 is 4.74 Å². The summed E-state index contributed by atoms with van der Waals surface area (Å²) in [6.45, 7) is 0.214. The van der Waals surface area contributed by atoms with Crippen LogP contribution in [-0.4, -0.2) is 23.7 Å². The van der Waals surface area contributed by atoms with Crippen LogP contribution in [0.1, 0.15) is 15.9 Å². The molecule has 1 heterocycles. The third-order valence-electron chi connectivity index (χ3n) is 2.65.